The molecule has 0 aromatic rings. The molecule has 0 fully saturated rings. The fourth-order valence-corrected chi connectivity index (χ4v) is 0.283. The molecular formula is C3H4IO-. The Morgan fingerprint density at radius 1 is 1.80 bits per heavy atom. The zero-order valence-corrected chi connectivity index (χ0v) is 4.98. The summed E-state index contributed by atoms with van der Waals surface area (Å²) in [6, 6.07) is 0. The van der Waals surface area contributed by atoms with E-state index < -0.39 is 21.6 Å². The monoisotopic (exact) mass is 183 g/mol. The molecule has 0 unspecified atom stereocenters. The van der Waals surface area contributed by atoms with Crippen molar-refractivity contribution in [1.82, 2.24) is 0 Å². The van der Waals surface area contributed by atoms with Gasteiger partial charge in [0.2, 0.25) is 0 Å². The van der Waals surface area contributed by atoms with E-state index in [1.807, 2.05) is 0 Å². The van der Waals surface area contributed by atoms with Gasteiger partial charge in [0.05, 0.1) is 0 Å². The fraction of sp³-hybridized carbons (Fsp3) is 0.333. The predicted molar refractivity (Wildman–Crippen MR) is 15.7 cm³/mol. The van der Waals surface area contributed by atoms with E-state index in [0.29, 0.717) is 0 Å². The first-order chi connectivity index (χ1) is 2.41. The second-order valence-corrected chi connectivity index (χ2v) is 1.45. The van der Waals surface area contributed by atoms with Crippen LogP contribution in [0.3, 0.4) is 0 Å². The molecule has 0 spiro atoms. The summed E-state index contributed by atoms with van der Waals surface area (Å²) in [4.78, 5) is 0. The van der Waals surface area contributed by atoms with Crippen LogP contribution in [0.1, 0.15) is 6.92 Å². The van der Waals surface area contributed by atoms with Gasteiger partial charge in [-0.25, -0.2) is 0 Å². The molecule has 0 aromatic carbocycles. The third-order valence-electron chi connectivity index (χ3n) is 0.137. The van der Waals surface area contributed by atoms with E-state index in [9.17, 15) is 0 Å². The minimum absolute atomic E-state index is 0.754. The van der Waals surface area contributed by atoms with Crippen molar-refractivity contribution in [3.05, 3.63) is 0 Å². The molecule has 0 saturated carbocycles. The van der Waals surface area contributed by atoms with Gasteiger partial charge >= 0.3 is 41.8 Å². The van der Waals surface area contributed by atoms with Gasteiger partial charge in [0, 0.05) is 0 Å². The van der Waals surface area contributed by atoms with Crippen LogP contribution < -0.4 is 21.6 Å². The van der Waals surface area contributed by atoms with Crippen molar-refractivity contribution in [3.63, 3.8) is 0 Å². The molecule has 0 aliphatic heterocycles. The normalized spacial score (nSPS) is 6.00. The Morgan fingerprint density at radius 2 is 2.40 bits per heavy atom. The van der Waals surface area contributed by atoms with Gasteiger partial charge in [-0.05, 0) is 0 Å². The van der Waals surface area contributed by atoms with Gasteiger partial charge in [-0.3, -0.25) is 0 Å². The number of hydrogen-bond donors (Lipinski definition) is 1. The molecule has 2 heteroatoms. The van der Waals surface area contributed by atoms with Crippen LogP contribution in [0.2, 0.25) is 0 Å². The van der Waals surface area contributed by atoms with E-state index in [1.54, 1.807) is 6.92 Å². The van der Waals surface area contributed by atoms with Crippen molar-refractivity contribution in [2.24, 2.45) is 0 Å². The van der Waals surface area contributed by atoms with Crippen LogP contribution in [-0.4, -0.2) is 3.44 Å². The number of hydrogen-bond acceptors (Lipinski definition) is 1. The Kier molecular flexibility index (Phi) is 4.46. The summed E-state index contributed by atoms with van der Waals surface area (Å²) in [6.07, 6.45) is 0. The van der Waals surface area contributed by atoms with E-state index in [1.165, 1.54) is 0 Å². The molecule has 0 radical (unpaired) electrons. The van der Waals surface area contributed by atoms with Gasteiger partial charge in [0.15, 0.2) is 0 Å². The van der Waals surface area contributed by atoms with Crippen LogP contribution in [-0.2, 0) is 0 Å². The fourth-order valence-electron chi connectivity index (χ4n) is 0.0423. The van der Waals surface area contributed by atoms with Gasteiger partial charge in [0.1, 0.15) is 0 Å². The molecule has 0 bridgehead atoms. The molecule has 0 amide bonds. The Balaban J connectivity index is 2.81. The molecule has 0 aromatic heterocycles. The van der Waals surface area contributed by atoms with Gasteiger partial charge in [-0.15, -0.1) is 0 Å². The first-order valence-corrected chi connectivity index (χ1v) is 3.15. The van der Waals surface area contributed by atoms with E-state index in [-0.39, 0.29) is 0 Å². The van der Waals surface area contributed by atoms with E-state index in [2.05, 4.69) is 9.85 Å². The van der Waals surface area contributed by atoms with Crippen LogP contribution in [0.15, 0.2) is 0 Å². The minimum atomic E-state index is -0.754. The van der Waals surface area contributed by atoms with E-state index >= 15 is 0 Å². The summed E-state index contributed by atoms with van der Waals surface area (Å²) in [5, 5.41) is 0. The van der Waals surface area contributed by atoms with Crippen LogP contribution in [0.4, 0.5) is 0 Å². The molecule has 30 valence electrons. The van der Waals surface area contributed by atoms with E-state index in [4.69, 9.17) is 3.44 Å². The molecule has 0 heterocycles. The molecule has 0 atom stereocenters. The van der Waals surface area contributed by atoms with Gasteiger partial charge in [0.25, 0.3) is 0 Å². The SMILES string of the molecule is CC#C[I-]O. The Morgan fingerprint density at radius 3 is 2.40 bits per heavy atom. The first-order valence-electron chi connectivity index (χ1n) is 1.11. The second-order valence-electron chi connectivity index (χ2n) is 0.429. The zero-order valence-electron chi connectivity index (χ0n) is 2.83. The molecular weight excluding hydrogens is 179 g/mol. The Labute approximate surface area is 42.2 Å². The molecule has 1 nitrogen and oxygen atoms in total. The second kappa shape index (κ2) is 4.25. The van der Waals surface area contributed by atoms with Gasteiger partial charge in [-0.1, -0.05) is 0 Å². The summed E-state index contributed by atoms with van der Waals surface area (Å²) in [5.74, 6) is 2.57. The average molecular weight is 183 g/mol. The maximum atomic E-state index is 8.00. The third kappa shape index (κ3) is 4.25. The van der Waals surface area contributed by atoms with Crippen molar-refractivity contribution < 1.29 is 25.1 Å². The first kappa shape index (κ1) is 5.25. The molecule has 0 saturated heterocycles. The van der Waals surface area contributed by atoms with Crippen LogP contribution in [0.5, 0.6) is 0 Å². The summed E-state index contributed by atoms with van der Waals surface area (Å²) < 4.78 is 10.5. The van der Waals surface area contributed by atoms with E-state index in [0.717, 1.165) is 0 Å². The maximum absolute atomic E-state index is 8.00. The van der Waals surface area contributed by atoms with Crippen molar-refractivity contribution in [1.29, 1.82) is 0 Å². The predicted octanol–water partition coefficient (Wildman–Crippen LogP) is -3.04. The third-order valence-corrected chi connectivity index (χ3v) is 0.917. The van der Waals surface area contributed by atoms with Crippen molar-refractivity contribution in [3.8, 4) is 9.85 Å². The van der Waals surface area contributed by atoms with Crippen LogP contribution in [0.25, 0.3) is 0 Å². The Hall–Kier alpha value is 0.250. The topological polar surface area (TPSA) is 20.2 Å². The standard InChI is InChI=1S/C3H4IO/c1-2-3-4-5/h5H,1H3/q-1. The average Bonchev–Trinajstić information content (AvgIpc) is 1.41. The molecule has 5 heavy (non-hydrogen) atoms. The summed E-state index contributed by atoms with van der Waals surface area (Å²) >= 11 is -0.754. The molecule has 0 aliphatic carbocycles. The van der Waals surface area contributed by atoms with Crippen molar-refractivity contribution >= 4 is 0 Å². The van der Waals surface area contributed by atoms with Crippen LogP contribution >= 0.6 is 0 Å². The molecule has 0 rings (SSSR count). The van der Waals surface area contributed by atoms with Crippen LogP contribution in [0, 0.1) is 9.85 Å². The van der Waals surface area contributed by atoms with Gasteiger partial charge in [-0.2, -0.15) is 0 Å². The summed E-state index contributed by atoms with van der Waals surface area (Å²) in [6.45, 7) is 1.72. The quantitative estimate of drug-likeness (QED) is 0.312. The summed E-state index contributed by atoms with van der Waals surface area (Å²) in [7, 11) is 0. The van der Waals surface area contributed by atoms with Crippen molar-refractivity contribution in [2.75, 3.05) is 0 Å². The zero-order chi connectivity index (χ0) is 4.12. The number of rotatable bonds is 0. The van der Waals surface area contributed by atoms with Gasteiger partial charge < -0.3 is 0 Å². The molecule has 0 aliphatic rings. The van der Waals surface area contributed by atoms with Crippen molar-refractivity contribution in [2.45, 2.75) is 6.92 Å². The Bertz CT molecular complexity index is 59.0. The number of halogens is 1. The summed E-state index contributed by atoms with van der Waals surface area (Å²) in [5.41, 5.74) is 0. The molecule has 1 N–H and O–H groups in total.